The van der Waals surface area contributed by atoms with E-state index in [0.29, 0.717) is 18.9 Å². The van der Waals surface area contributed by atoms with Crippen molar-refractivity contribution in [1.29, 1.82) is 0 Å². The zero-order valence-electron chi connectivity index (χ0n) is 19.2. The van der Waals surface area contributed by atoms with Gasteiger partial charge in [0.25, 0.3) is 0 Å². The lowest BCUT2D eigenvalue weighted by molar-refractivity contribution is -0.0385. The number of hydrogen-bond donors (Lipinski definition) is 3. The monoisotopic (exact) mass is 465 g/mol. The Balaban J connectivity index is 1.49. The number of furan rings is 1. The van der Waals surface area contributed by atoms with E-state index in [-0.39, 0.29) is 6.42 Å². The van der Waals surface area contributed by atoms with Gasteiger partial charge in [0.05, 0.1) is 6.26 Å². The molecule has 5 nitrogen and oxygen atoms in total. The van der Waals surface area contributed by atoms with Crippen molar-refractivity contribution in [3.63, 3.8) is 0 Å². The lowest BCUT2D eigenvalue weighted by atomic mass is 9.99. The maximum atomic E-state index is 9.58. The van der Waals surface area contributed by atoms with E-state index in [4.69, 9.17) is 14.9 Å². The van der Waals surface area contributed by atoms with Crippen LogP contribution >= 0.6 is 0 Å². The predicted molar refractivity (Wildman–Crippen MR) is 138 cm³/mol. The largest absolute Gasteiger partial charge is 0.489 e. The number of nitrogens with two attached hydrogens (primary N) is 1. The Morgan fingerprint density at radius 2 is 1.60 bits per heavy atom. The summed E-state index contributed by atoms with van der Waals surface area (Å²) in [7, 11) is 0. The molecule has 176 valence electrons. The Labute approximate surface area is 204 Å². The van der Waals surface area contributed by atoms with Crippen LogP contribution < -0.4 is 10.5 Å². The summed E-state index contributed by atoms with van der Waals surface area (Å²) in [4.78, 5) is 0. The van der Waals surface area contributed by atoms with Gasteiger partial charge in [-0.05, 0) is 63.7 Å². The highest BCUT2D eigenvalue weighted by Crippen LogP contribution is 2.33. The van der Waals surface area contributed by atoms with Crippen LogP contribution in [0.2, 0.25) is 0 Å². The fourth-order valence-electron chi connectivity index (χ4n) is 4.33. The molecular weight excluding hydrogens is 438 g/mol. The average molecular weight is 466 g/mol. The topological polar surface area (TPSA) is 88.9 Å². The number of hydrogen-bond acceptors (Lipinski definition) is 5. The molecule has 4 N–H and O–H groups in total. The van der Waals surface area contributed by atoms with Gasteiger partial charge < -0.3 is 25.1 Å². The Bertz CT molecular complexity index is 1440. The molecule has 0 saturated carbocycles. The maximum absolute atomic E-state index is 9.58. The highest BCUT2D eigenvalue weighted by Gasteiger charge is 2.13. The third-order valence-electron chi connectivity index (χ3n) is 6.06. The molecule has 35 heavy (non-hydrogen) atoms. The summed E-state index contributed by atoms with van der Waals surface area (Å²) >= 11 is 0. The molecule has 0 aliphatic carbocycles. The van der Waals surface area contributed by atoms with E-state index in [0.717, 1.165) is 49.9 Å². The van der Waals surface area contributed by atoms with Crippen LogP contribution in [0.5, 0.6) is 5.75 Å². The molecular formula is C30H27NO4. The fourth-order valence-corrected chi connectivity index (χ4v) is 4.33. The zero-order chi connectivity index (χ0) is 24.2. The van der Waals surface area contributed by atoms with Crippen molar-refractivity contribution in [3.05, 3.63) is 114 Å². The minimum absolute atomic E-state index is 0.0856. The van der Waals surface area contributed by atoms with Crippen molar-refractivity contribution in [3.8, 4) is 28.0 Å². The molecule has 0 spiro atoms. The molecule has 0 fully saturated rings. The van der Waals surface area contributed by atoms with Crippen molar-refractivity contribution in [2.45, 2.75) is 25.9 Å². The molecule has 1 aromatic heterocycles. The molecule has 0 amide bonds. The molecule has 0 unspecified atom stereocenters. The highest BCUT2D eigenvalue weighted by atomic mass is 16.5. The Morgan fingerprint density at radius 3 is 2.40 bits per heavy atom. The molecule has 0 aliphatic heterocycles. The van der Waals surface area contributed by atoms with E-state index >= 15 is 0 Å². The first-order valence-electron chi connectivity index (χ1n) is 11.6. The second kappa shape index (κ2) is 10.2. The predicted octanol–water partition coefficient (Wildman–Crippen LogP) is 5.66. The van der Waals surface area contributed by atoms with Crippen molar-refractivity contribution in [2.24, 2.45) is 5.73 Å². The number of aliphatic hydroxyl groups is 2. The van der Waals surface area contributed by atoms with Crippen molar-refractivity contribution in [2.75, 3.05) is 0 Å². The summed E-state index contributed by atoms with van der Waals surface area (Å²) in [6.07, 6.45) is 0.321. The first-order chi connectivity index (χ1) is 17.1. The van der Waals surface area contributed by atoms with Gasteiger partial charge in [0.2, 0.25) is 0 Å². The van der Waals surface area contributed by atoms with Gasteiger partial charge in [-0.15, -0.1) is 0 Å². The van der Waals surface area contributed by atoms with Gasteiger partial charge >= 0.3 is 0 Å². The van der Waals surface area contributed by atoms with Gasteiger partial charge in [-0.2, -0.15) is 0 Å². The van der Waals surface area contributed by atoms with Crippen LogP contribution in [-0.4, -0.2) is 16.5 Å². The van der Waals surface area contributed by atoms with Gasteiger partial charge in [0.1, 0.15) is 17.9 Å². The minimum Gasteiger partial charge on any atom is -0.489 e. The third-order valence-corrected chi connectivity index (χ3v) is 6.06. The van der Waals surface area contributed by atoms with Crippen LogP contribution in [0.4, 0.5) is 0 Å². The fraction of sp³-hybridized carbons (Fsp3) is 0.133. The summed E-state index contributed by atoms with van der Waals surface area (Å²) < 4.78 is 12.1. The van der Waals surface area contributed by atoms with E-state index in [9.17, 15) is 10.2 Å². The van der Waals surface area contributed by atoms with Crippen molar-refractivity contribution < 1.29 is 19.4 Å². The summed E-state index contributed by atoms with van der Waals surface area (Å²) in [5.74, 6) is 0.624. The van der Waals surface area contributed by atoms with E-state index in [1.807, 2.05) is 72.8 Å². The molecule has 0 saturated heterocycles. The molecule has 5 heteroatoms. The Kier molecular flexibility index (Phi) is 6.64. The van der Waals surface area contributed by atoms with Gasteiger partial charge in [-0.1, -0.05) is 60.7 Å². The SMILES string of the molecule is NCc1cccc(-c2cc(COc3cc(-c4ccccc4)ccc3CC(O)O)cc3ccoc23)c1. The third kappa shape index (κ3) is 5.12. The lowest BCUT2D eigenvalue weighted by Crippen LogP contribution is -2.10. The first-order valence-corrected chi connectivity index (χ1v) is 11.6. The summed E-state index contributed by atoms with van der Waals surface area (Å²) in [6.45, 7) is 0.784. The van der Waals surface area contributed by atoms with Gasteiger partial charge in [0.15, 0.2) is 6.29 Å². The average Bonchev–Trinajstić information content (AvgIpc) is 3.36. The van der Waals surface area contributed by atoms with Crippen molar-refractivity contribution >= 4 is 11.0 Å². The number of rotatable bonds is 8. The van der Waals surface area contributed by atoms with Gasteiger partial charge in [-0.3, -0.25) is 0 Å². The molecule has 0 aliphatic rings. The summed E-state index contributed by atoms with van der Waals surface area (Å²) in [6, 6.07) is 30.0. The van der Waals surface area contributed by atoms with E-state index < -0.39 is 6.29 Å². The molecule has 1 heterocycles. The Morgan fingerprint density at radius 1 is 0.771 bits per heavy atom. The zero-order valence-corrected chi connectivity index (χ0v) is 19.2. The smallest absolute Gasteiger partial charge is 0.155 e. The van der Waals surface area contributed by atoms with Crippen LogP contribution in [0.3, 0.4) is 0 Å². The van der Waals surface area contributed by atoms with Crippen LogP contribution in [0.25, 0.3) is 33.2 Å². The maximum Gasteiger partial charge on any atom is 0.155 e. The van der Waals surface area contributed by atoms with Gasteiger partial charge in [-0.25, -0.2) is 0 Å². The number of benzene rings is 4. The Hall–Kier alpha value is -3.90. The summed E-state index contributed by atoms with van der Waals surface area (Å²) in [5, 5.41) is 20.2. The highest BCUT2D eigenvalue weighted by molar-refractivity contribution is 5.93. The minimum atomic E-state index is -1.45. The first kappa shape index (κ1) is 22.9. The van der Waals surface area contributed by atoms with Crippen LogP contribution in [0, 0.1) is 0 Å². The second-order valence-corrected chi connectivity index (χ2v) is 8.55. The molecule has 4 aromatic carbocycles. The van der Waals surface area contributed by atoms with E-state index in [2.05, 4.69) is 18.2 Å². The molecule has 0 atom stereocenters. The van der Waals surface area contributed by atoms with Crippen molar-refractivity contribution in [1.82, 2.24) is 0 Å². The second-order valence-electron chi connectivity index (χ2n) is 8.55. The summed E-state index contributed by atoms with van der Waals surface area (Å²) in [5.41, 5.74) is 13.5. The normalized spacial score (nSPS) is 11.3. The van der Waals surface area contributed by atoms with E-state index in [1.165, 1.54) is 0 Å². The number of fused-ring (bicyclic) bond motifs is 1. The standard InChI is InChI=1S/C30H27NO4/c31-18-20-5-4-8-24(13-20)27-15-21(14-26-11-12-34-30(26)27)19-35-28-16-23(22-6-2-1-3-7-22)9-10-25(28)17-29(32)33/h1-16,29,32-33H,17-19,31H2. The molecule has 0 bridgehead atoms. The van der Waals surface area contributed by atoms with Crippen LogP contribution in [-0.2, 0) is 19.6 Å². The van der Waals surface area contributed by atoms with Crippen LogP contribution in [0.15, 0.2) is 102 Å². The van der Waals surface area contributed by atoms with Crippen LogP contribution in [0.1, 0.15) is 16.7 Å². The molecule has 5 rings (SSSR count). The molecule has 0 radical (unpaired) electrons. The number of ether oxygens (including phenoxy) is 1. The van der Waals surface area contributed by atoms with E-state index in [1.54, 1.807) is 6.26 Å². The lowest BCUT2D eigenvalue weighted by Gasteiger charge is -2.15. The quantitative estimate of drug-likeness (QED) is 0.257. The van der Waals surface area contributed by atoms with Gasteiger partial charge in [0, 0.05) is 23.9 Å². The molecule has 5 aromatic rings. The number of aliphatic hydroxyl groups excluding tert-OH is 1.